The Morgan fingerprint density at radius 3 is 2.33 bits per heavy atom. The molecule has 0 bridgehead atoms. The van der Waals surface area contributed by atoms with Crippen molar-refractivity contribution in [3.05, 3.63) is 44.9 Å². The van der Waals surface area contributed by atoms with Gasteiger partial charge in [-0.1, -0.05) is 0 Å². The molecule has 0 saturated carbocycles. The second kappa shape index (κ2) is 5.85. The van der Waals surface area contributed by atoms with Crippen molar-refractivity contribution in [3.63, 3.8) is 0 Å². The van der Waals surface area contributed by atoms with Crippen LogP contribution in [0.1, 0.15) is 32.3 Å². The summed E-state index contributed by atoms with van der Waals surface area (Å²) in [5.74, 6) is -0.761. The molecule has 0 fully saturated rings. The number of carbonyl (C=O) groups excluding carboxylic acids is 2. The van der Waals surface area contributed by atoms with Crippen LogP contribution in [-0.2, 0) is 14.3 Å². The highest BCUT2D eigenvalue weighted by Crippen LogP contribution is 2.42. The highest BCUT2D eigenvalue weighted by atomic mass is 32.1. The molecule has 5 heteroatoms. The number of carbonyl (C=O) groups is 2. The molecular weight excluding hydrogens is 286 g/mol. The lowest BCUT2D eigenvalue weighted by atomic mass is 9.79. The lowest BCUT2D eigenvalue weighted by Gasteiger charge is -2.35. The van der Waals surface area contributed by atoms with E-state index in [1.807, 2.05) is 42.6 Å². The van der Waals surface area contributed by atoms with E-state index in [4.69, 9.17) is 4.74 Å². The van der Waals surface area contributed by atoms with Crippen molar-refractivity contribution in [3.8, 4) is 0 Å². The molecule has 4 nitrogen and oxygen atoms in total. The monoisotopic (exact) mass is 305 g/mol. The van der Waals surface area contributed by atoms with E-state index in [9.17, 15) is 9.59 Å². The van der Waals surface area contributed by atoms with Crippen LogP contribution in [-0.4, -0.2) is 30.8 Å². The van der Waals surface area contributed by atoms with Gasteiger partial charge in [0.2, 0.25) is 0 Å². The first-order valence-electron chi connectivity index (χ1n) is 6.66. The van der Waals surface area contributed by atoms with E-state index in [2.05, 4.69) is 0 Å². The van der Waals surface area contributed by atoms with Gasteiger partial charge in [-0.25, -0.2) is 4.79 Å². The van der Waals surface area contributed by atoms with Crippen LogP contribution in [0.15, 0.2) is 39.4 Å². The predicted octanol–water partition coefficient (Wildman–Crippen LogP) is 3.09. The van der Waals surface area contributed by atoms with Gasteiger partial charge in [-0.05, 0) is 43.2 Å². The zero-order valence-corrected chi connectivity index (χ0v) is 13.7. The van der Waals surface area contributed by atoms with E-state index in [0.29, 0.717) is 11.1 Å². The molecule has 1 unspecified atom stereocenters. The van der Waals surface area contributed by atoms with Crippen molar-refractivity contribution in [2.45, 2.75) is 26.7 Å². The van der Waals surface area contributed by atoms with Gasteiger partial charge in [0.05, 0.1) is 12.7 Å². The van der Waals surface area contributed by atoms with Gasteiger partial charge in [0.15, 0.2) is 5.78 Å². The predicted molar refractivity (Wildman–Crippen MR) is 82.9 cm³/mol. The summed E-state index contributed by atoms with van der Waals surface area (Å²) in [5, 5.41) is 3.92. The van der Waals surface area contributed by atoms with E-state index < -0.39 is 0 Å². The van der Waals surface area contributed by atoms with E-state index in [-0.39, 0.29) is 17.7 Å². The Morgan fingerprint density at radius 1 is 1.24 bits per heavy atom. The molecule has 0 N–H and O–H groups in total. The Labute approximate surface area is 128 Å². The number of rotatable bonds is 3. The maximum Gasteiger partial charge on any atom is 0.336 e. The Balaban J connectivity index is 2.71. The summed E-state index contributed by atoms with van der Waals surface area (Å²) >= 11 is 1.55. The zero-order valence-electron chi connectivity index (χ0n) is 12.9. The van der Waals surface area contributed by atoms with E-state index in [0.717, 1.165) is 17.0 Å². The molecule has 0 spiro atoms. The van der Waals surface area contributed by atoms with Gasteiger partial charge in [-0.3, -0.25) is 4.79 Å². The first-order chi connectivity index (χ1) is 9.90. The molecule has 1 aromatic heterocycles. The lowest BCUT2D eigenvalue weighted by molar-refractivity contribution is -0.136. The van der Waals surface area contributed by atoms with Crippen LogP contribution in [0, 0.1) is 0 Å². The third-order valence-electron chi connectivity index (χ3n) is 4.02. The Hall–Kier alpha value is -1.88. The van der Waals surface area contributed by atoms with Gasteiger partial charge in [0, 0.05) is 29.9 Å². The van der Waals surface area contributed by atoms with Crippen molar-refractivity contribution in [2.75, 3.05) is 14.2 Å². The average Bonchev–Trinajstić information content (AvgIpc) is 2.97. The zero-order chi connectivity index (χ0) is 15.7. The van der Waals surface area contributed by atoms with Crippen LogP contribution in [0.2, 0.25) is 0 Å². The van der Waals surface area contributed by atoms with Crippen molar-refractivity contribution in [1.29, 1.82) is 0 Å². The summed E-state index contributed by atoms with van der Waals surface area (Å²) in [6.07, 6.45) is 0. The maximum atomic E-state index is 12.3. The van der Waals surface area contributed by atoms with Crippen molar-refractivity contribution < 1.29 is 14.3 Å². The number of ketones is 1. The molecule has 0 saturated heterocycles. The number of nitrogens with zero attached hydrogens (tertiary/aromatic N) is 1. The normalized spacial score (nSPS) is 19.1. The van der Waals surface area contributed by atoms with Gasteiger partial charge in [0.1, 0.15) is 0 Å². The van der Waals surface area contributed by atoms with E-state index in [1.165, 1.54) is 7.11 Å². The minimum Gasteiger partial charge on any atom is -0.466 e. The molecule has 2 rings (SSSR count). The summed E-state index contributed by atoms with van der Waals surface area (Å²) < 4.78 is 4.95. The molecule has 0 amide bonds. The topological polar surface area (TPSA) is 46.6 Å². The van der Waals surface area contributed by atoms with Gasteiger partial charge in [-0.15, -0.1) is 0 Å². The fourth-order valence-electron chi connectivity index (χ4n) is 2.78. The second-order valence-electron chi connectivity index (χ2n) is 5.09. The van der Waals surface area contributed by atoms with Crippen molar-refractivity contribution >= 4 is 23.1 Å². The van der Waals surface area contributed by atoms with Crippen LogP contribution < -0.4 is 0 Å². The Bertz CT molecular complexity index is 640. The third kappa shape index (κ3) is 2.53. The minimum absolute atomic E-state index is 0.0237. The molecule has 1 aliphatic heterocycles. The number of Topliss-reactive ketones (excluding diaryl/α,β-unsaturated/α-hetero) is 1. The molecule has 0 aromatic carbocycles. The average molecular weight is 305 g/mol. The molecule has 21 heavy (non-hydrogen) atoms. The Kier molecular flexibility index (Phi) is 4.32. The molecule has 2 heterocycles. The highest BCUT2D eigenvalue weighted by Gasteiger charge is 2.37. The SMILES string of the molecule is COC(=O)C1=C(C)N(C)C(C)=C(C(C)=O)C1c1ccsc1. The minimum atomic E-state index is -0.387. The lowest BCUT2D eigenvalue weighted by Crippen LogP contribution is -2.32. The third-order valence-corrected chi connectivity index (χ3v) is 4.73. The van der Waals surface area contributed by atoms with Crippen molar-refractivity contribution in [2.24, 2.45) is 0 Å². The fraction of sp³-hybridized carbons (Fsp3) is 0.375. The van der Waals surface area contributed by atoms with E-state index >= 15 is 0 Å². The summed E-state index contributed by atoms with van der Waals surface area (Å²) in [7, 11) is 3.23. The molecular formula is C16H19NO3S. The fourth-order valence-corrected chi connectivity index (χ4v) is 3.47. The first kappa shape index (κ1) is 15.5. The first-order valence-corrected chi connectivity index (χ1v) is 7.61. The number of esters is 1. The Morgan fingerprint density at radius 2 is 1.86 bits per heavy atom. The van der Waals surface area contributed by atoms with Crippen LogP contribution in [0.5, 0.6) is 0 Å². The van der Waals surface area contributed by atoms with E-state index in [1.54, 1.807) is 18.3 Å². The van der Waals surface area contributed by atoms with Gasteiger partial charge in [0.25, 0.3) is 0 Å². The number of thiophene rings is 1. The molecule has 0 aliphatic carbocycles. The van der Waals surface area contributed by atoms with Crippen LogP contribution in [0.4, 0.5) is 0 Å². The molecule has 0 radical (unpaired) electrons. The number of ether oxygens (including phenoxy) is 1. The van der Waals surface area contributed by atoms with Crippen LogP contribution in [0.25, 0.3) is 0 Å². The number of methoxy groups -OCH3 is 1. The largest absolute Gasteiger partial charge is 0.466 e. The second-order valence-corrected chi connectivity index (χ2v) is 5.87. The molecule has 1 aromatic rings. The standard InChI is InChI=1S/C16H19NO3S/c1-9-13(11(3)18)15(12-6-7-21-8-12)14(16(19)20-5)10(2)17(9)4/h6-8,15H,1-5H3. The van der Waals surface area contributed by atoms with Crippen LogP contribution in [0.3, 0.4) is 0 Å². The number of hydrogen-bond donors (Lipinski definition) is 0. The number of hydrogen-bond acceptors (Lipinski definition) is 5. The van der Waals surface area contributed by atoms with Gasteiger partial charge >= 0.3 is 5.97 Å². The summed E-state index contributed by atoms with van der Waals surface area (Å²) in [6, 6.07) is 1.95. The van der Waals surface area contributed by atoms with Gasteiger partial charge in [-0.2, -0.15) is 11.3 Å². The van der Waals surface area contributed by atoms with Gasteiger partial charge < -0.3 is 9.64 Å². The molecule has 112 valence electrons. The highest BCUT2D eigenvalue weighted by molar-refractivity contribution is 7.08. The quantitative estimate of drug-likeness (QED) is 0.805. The molecule has 1 atom stereocenters. The summed E-state index contributed by atoms with van der Waals surface area (Å²) in [6.45, 7) is 5.33. The summed E-state index contributed by atoms with van der Waals surface area (Å²) in [4.78, 5) is 26.3. The smallest absolute Gasteiger partial charge is 0.336 e. The maximum absolute atomic E-state index is 12.3. The summed E-state index contributed by atoms with van der Waals surface area (Å²) in [5.41, 5.74) is 3.85. The molecule has 1 aliphatic rings. The van der Waals surface area contributed by atoms with Crippen LogP contribution >= 0.6 is 11.3 Å². The van der Waals surface area contributed by atoms with Crippen molar-refractivity contribution in [1.82, 2.24) is 4.90 Å². The number of allylic oxidation sites excluding steroid dienone is 3.